The second-order valence-electron chi connectivity index (χ2n) is 7.39. The van der Waals surface area contributed by atoms with Gasteiger partial charge in [0.05, 0.1) is 0 Å². The van der Waals surface area contributed by atoms with Crippen LogP contribution in [0.1, 0.15) is 28.7 Å². The van der Waals surface area contributed by atoms with Crippen molar-refractivity contribution in [2.75, 3.05) is 6.61 Å². The number of carbonyl (C=O) groups is 2. The van der Waals surface area contributed by atoms with Crippen LogP contribution in [0.4, 0.5) is 4.79 Å². The van der Waals surface area contributed by atoms with E-state index in [0.717, 1.165) is 22.3 Å². The molecule has 0 unspecified atom stereocenters. The maximum absolute atomic E-state index is 12.4. The first-order valence-corrected chi connectivity index (χ1v) is 11.5. The van der Waals surface area contributed by atoms with E-state index in [9.17, 15) is 19.3 Å². The van der Waals surface area contributed by atoms with Crippen molar-refractivity contribution in [2.24, 2.45) is 0 Å². The molecule has 0 fully saturated rings. The van der Waals surface area contributed by atoms with E-state index in [1.165, 1.54) is 24.3 Å². The van der Waals surface area contributed by atoms with Crippen LogP contribution in [0, 0.1) is 0 Å². The molecule has 0 spiro atoms. The molecule has 0 saturated carbocycles. The van der Waals surface area contributed by atoms with Crippen molar-refractivity contribution in [3.05, 3.63) is 89.5 Å². The smallest absolute Gasteiger partial charge is 0.479 e. The second kappa shape index (κ2) is 9.07. The quantitative estimate of drug-likeness (QED) is 0.383. The molecular weight excluding hydrogens is 449 g/mol. The molecule has 10 heteroatoms. The van der Waals surface area contributed by atoms with Gasteiger partial charge in [-0.2, -0.15) is 0 Å². The van der Waals surface area contributed by atoms with Crippen molar-refractivity contribution in [1.82, 2.24) is 5.32 Å². The molecular formula is C23H20NO8P. The van der Waals surface area contributed by atoms with Crippen LogP contribution >= 0.6 is 7.82 Å². The standard InChI is InChI=1S/C23H20NO8P/c25-22(26)21(14-9-11-15(12-10-14)32-33(28,29)30)24-23(27)31-13-20-18-7-3-1-5-16(18)17-6-2-4-8-19(17)20/h1-12,20-21H,13H2,(H,24,27)(H,25,26)(H2,28,29,30)/t21-/m0/s1. The van der Waals surface area contributed by atoms with Gasteiger partial charge >= 0.3 is 19.9 Å². The molecule has 4 rings (SSSR count). The number of carboxylic acids is 1. The van der Waals surface area contributed by atoms with Gasteiger partial charge in [-0.1, -0.05) is 60.7 Å². The lowest BCUT2D eigenvalue weighted by Crippen LogP contribution is -2.34. The summed E-state index contributed by atoms with van der Waals surface area (Å²) >= 11 is 0. The minimum atomic E-state index is -4.74. The SMILES string of the molecule is O=C(N[C@H](C(=O)O)c1ccc(OP(=O)(O)O)cc1)OCC1c2ccccc2-c2ccccc21. The molecule has 4 N–H and O–H groups in total. The lowest BCUT2D eigenvalue weighted by Gasteiger charge is -2.18. The lowest BCUT2D eigenvalue weighted by atomic mass is 9.98. The van der Waals surface area contributed by atoms with Crippen LogP contribution in [0.2, 0.25) is 0 Å². The van der Waals surface area contributed by atoms with E-state index in [4.69, 9.17) is 14.5 Å². The number of phosphoric ester groups is 1. The Morgan fingerprint density at radius 2 is 1.45 bits per heavy atom. The third kappa shape index (κ3) is 5.06. The Labute approximate surface area is 188 Å². The fraction of sp³-hybridized carbons (Fsp3) is 0.130. The molecule has 3 aromatic carbocycles. The summed E-state index contributed by atoms with van der Waals surface area (Å²) in [5.74, 6) is -1.64. The lowest BCUT2D eigenvalue weighted by molar-refractivity contribution is -0.139. The number of ether oxygens (including phenoxy) is 1. The average Bonchev–Trinajstić information content (AvgIpc) is 3.09. The number of alkyl carbamates (subject to hydrolysis) is 1. The van der Waals surface area contributed by atoms with Gasteiger partial charge in [-0.15, -0.1) is 0 Å². The van der Waals surface area contributed by atoms with Crippen LogP contribution in [-0.4, -0.2) is 33.6 Å². The van der Waals surface area contributed by atoms with Crippen molar-refractivity contribution in [1.29, 1.82) is 0 Å². The van der Waals surface area contributed by atoms with Gasteiger partial charge in [-0.05, 0) is 39.9 Å². The normalized spacial score (nSPS) is 13.5. The zero-order valence-corrected chi connectivity index (χ0v) is 18.0. The fourth-order valence-electron chi connectivity index (χ4n) is 3.90. The van der Waals surface area contributed by atoms with E-state index < -0.39 is 25.9 Å². The highest BCUT2D eigenvalue weighted by molar-refractivity contribution is 7.46. The Kier molecular flexibility index (Phi) is 6.20. The number of hydrogen-bond donors (Lipinski definition) is 4. The van der Waals surface area contributed by atoms with Gasteiger partial charge in [0.25, 0.3) is 0 Å². The Hall–Kier alpha value is -3.65. The minimum absolute atomic E-state index is 0.0290. The Bertz CT molecular complexity index is 1190. The number of nitrogens with one attached hydrogen (secondary N) is 1. The van der Waals surface area contributed by atoms with E-state index >= 15 is 0 Å². The van der Waals surface area contributed by atoms with Gasteiger partial charge in [0, 0.05) is 5.92 Å². The highest BCUT2D eigenvalue weighted by Crippen LogP contribution is 2.44. The van der Waals surface area contributed by atoms with E-state index in [1.807, 2.05) is 48.5 Å². The molecule has 3 aromatic rings. The summed E-state index contributed by atoms with van der Waals surface area (Å²) in [6.07, 6.45) is -0.903. The van der Waals surface area contributed by atoms with Crippen molar-refractivity contribution in [2.45, 2.75) is 12.0 Å². The molecule has 0 heterocycles. The zero-order valence-electron chi connectivity index (χ0n) is 17.1. The number of hydrogen-bond acceptors (Lipinski definition) is 5. The summed E-state index contributed by atoms with van der Waals surface area (Å²) in [7, 11) is -4.74. The molecule has 0 radical (unpaired) electrons. The average molecular weight is 469 g/mol. The molecule has 0 saturated heterocycles. The molecule has 1 aliphatic rings. The summed E-state index contributed by atoms with van der Waals surface area (Å²) in [6.45, 7) is 0.0290. The largest absolute Gasteiger partial charge is 0.524 e. The highest BCUT2D eigenvalue weighted by atomic mass is 31.2. The van der Waals surface area contributed by atoms with Gasteiger partial charge in [-0.3, -0.25) is 9.79 Å². The number of phosphoric acid groups is 1. The number of carboxylic acid groups (broad SMARTS) is 1. The van der Waals surface area contributed by atoms with Crippen LogP contribution in [0.5, 0.6) is 5.75 Å². The monoisotopic (exact) mass is 469 g/mol. The Morgan fingerprint density at radius 1 is 0.909 bits per heavy atom. The van der Waals surface area contributed by atoms with Gasteiger partial charge in [0.2, 0.25) is 0 Å². The first-order valence-electron chi connectivity index (χ1n) is 9.92. The molecule has 33 heavy (non-hydrogen) atoms. The molecule has 1 aliphatic carbocycles. The van der Waals surface area contributed by atoms with Gasteiger partial charge in [-0.25, -0.2) is 14.2 Å². The number of amides is 1. The van der Waals surface area contributed by atoms with Crippen molar-refractivity contribution < 1.29 is 38.3 Å². The van der Waals surface area contributed by atoms with Crippen molar-refractivity contribution >= 4 is 19.9 Å². The Balaban J connectivity index is 1.44. The van der Waals surface area contributed by atoms with Crippen molar-refractivity contribution in [3.63, 3.8) is 0 Å². The molecule has 1 amide bonds. The molecule has 170 valence electrons. The number of carbonyl (C=O) groups excluding carboxylic acids is 1. The zero-order chi connectivity index (χ0) is 23.6. The maximum atomic E-state index is 12.4. The molecule has 0 bridgehead atoms. The van der Waals surface area contributed by atoms with Crippen LogP contribution in [0.3, 0.4) is 0 Å². The summed E-state index contributed by atoms with van der Waals surface area (Å²) in [5, 5.41) is 11.9. The van der Waals surface area contributed by atoms with Gasteiger partial charge in [0.15, 0.2) is 6.04 Å². The fourth-order valence-corrected chi connectivity index (χ4v) is 4.30. The number of benzene rings is 3. The summed E-state index contributed by atoms with van der Waals surface area (Å²) < 4.78 is 20.7. The first kappa shape index (κ1) is 22.5. The minimum Gasteiger partial charge on any atom is -0.479 e. The number of aliphatic carboxylic acids is 1. The molecule has 0 aromatic heterocycles. The second-order valence-corrected chi connectivity index (χ2v) is 8.56. The van der Waals surface area contributed by atoms with Gasteiger partial charge < -0.3 is 19.7 Å². The number of fused-ring (bicyclic) bond motifs is 3. The summed E-state index contributed by atoms with van der Waals surface area (Å²) in [4.78, 5) is 41.9. The van der Waals surface area contributed by atoms with E-state index in [2.05, 4.69) is 9.84 Å². The summed E-state index contributed by atoms with van der Waals surface area (Å²) in [5.41, 5.74) is 4.38. The van der Waals surface area contributed by atoms with Crippen LogP contribution in [0.25, 0.3) is 11.1 Å². The van der Waals surface area contributed by atoms with Crippen LogP contribution < -0.4 is 9.84 Å². The van der Waals surface area contributed by atoms with Crippen molar-refractivity contribution in [3.8, 4) is 16.9 Å². The third-order valence-electron chi connectivity index (χ3n) is 5.29. The maximum Gasteiger partial charge on any atom is 0.524 e. The van der Waals surface area contributed by atoms with Crippen LogP contribution in [-0.2, 0) is 14.1 Å². The predicted molar refractivity (Wildman–Crippen MR) is 118 cm³/mol. The molecule has 1 atom stereocenters. The van der Waals surface area contributed by atoms with E-state index in [0.29, 0.717) is 0 Å². The highest BCUT2D eigenvalue weighted by Gasteiger charge is 2.30. The van der Waals surface area contributed by atoms with Crippen LogP contribution in [0.15, 0.2) is 72.8 Å². The number of rotatable bonds is 7. The topological polar surface area (TPSA) is 142 Å². The summed E-state index contributed by atoms with van der Waals surface area (Å²) in [6, 6.07) is 19.2. The molecule has 9 nitrogen and oxygen atoms in total. The predicted octanol–water partition coefficient (Wildman–Crippen LogP) is 3.82. The van der Waals surface area contributed by atoms with E-state index in [-0.39, 0.29) is 23.8 Å². The third-order valence-corrected chi connectivity index (χ3v) is 5.74. The Morgan fingerprint density at radius 3 is 1.97 bits per heavy atom. The molecule has 0 aliphatic heterocycles. The van der Waals surface area contributed by atoms with Gasteiger partial charge in [0.1, 0.15) is 12.4 Å². The first-order chi connectivity index (χ1) is 15.7. The van der Waals surface area contributed by atoms with E-state index in [1.54, 1.807) is 0 Å².